The lowest BCUT2D eigenvalue weighted by Gasteiger charge is -2.35. The van der Waals surface area contributed by atoms with Crippen LogP contribution >= 0.6 is 0 Å². The summed E-state index contributed by atoms with van der Waals surface area (Å²) in [7, 11) is 0. The second kappa shape index (κ2) is 5.37. The van der Waals surface area contributed by atoms with Crippen molar-refractivity contribution < 1.29 is 4.39 Å². The van der Waals surface area contributed by atoms with Crippen molar-refractivity contribution in [3.8, 4) is 0 Å². The second-order valence-corrected chi connectivity index (χ2v) is 5.39. The first kappa shape index (κ1) is 12.1. The molecule has 1 atom stereocenters. The number of hydrogen-bond donors (Lipinski definition) is 1. The molecular weight excluding hydrogens is 227 g/mol. The smallest absolute Gasteiger partial charge is 0.123 e. The van der Waals surface area contributed by atoms with Gasteiger partial charge in [0.2, 0.25) is 0 Å². The number of benzene rings is 1. The van der Waals surface area contributed by atoms with Crippen LogP contribution in [0, 0.1) is 5.82 Å². The highest BCUT2D eigenvalue weighted by atomic mass is 19.1. The number of halogens is 1. The largest absolute Gasteiger partial charge is 0.315 e. The van der Waals surface area contributed by atoms with Crippen LogP contribution in [0.2, 0.25) is 0 Å². The third-order valence-corrected chi connectivity index (χ3v) is 4.20. The summed E-state index contributed by atoms with van der Waals surface area (Å²) in [6.07, 6.45) is 4.66. The van der Waals surface area contributed by atoms with Crippen LogP contribution in [0.4, 0.5) is 4.39 Å². The van der Waals surface area contributed by atoms with Gasteiger partial charge in [-0.15, -0.1) is 0 Å². The van der Waals surface area contributed by atoms with Crippen molar-refractivity contribution >= 4 is 0 Å². The summed E-state index contributed by atoms with van der Waals surface area (Å²) in [5, 5.41) is 3.45. The summed E-state index contributed by atoms with van der Waals surface area (Å²) >= 11 is 0. The number of hydrogen-bond acceptors (Lipinski definition) is 2. The summed E-state index contributed by atoms with van der Waals surface area (Å²) in [5.74, 6) is -0.0908. The average Bonchev–Trinajstić information content (AvgIpc) is 2.66. The van der Waals surface area contributed by atoms with E-state index in [1.807, 2.05) is 6.07 Å². The Bertz CT molecular complexity index is 411. The number of aryl methyl sites for hydroxylation is 1. The average molecular weight is 248 g/mol. The van der Waals surface area contributed by atoms with Gasteiger partial charge < -0.3 is 5.32 Å². The fourth-order valence-corrected chi connectivity index (χ4v) is 3.31. The zero-order chi connectivity index (χ0) is 12.4. The molecule has 2 nitrogen and oxygen atoms in total. The van der Waals surface area contributed by atoms with Gasteiger partial charge in [0.1, 0.15) is 5.82 Å². The Morgan fingerprint density at radius 2 is 2.11 bits per heavy atom. The lowest BCUT2D eigenvalue weighted by molar-refractivity contribution is 0.190. The van der Waals surface area contributed by atoms with Crippen LogP contribution < -0.4 is 5.32 Å². The van der Waals surface area contributed by atoms with E-state index in [-0.39, 0.29) is 5.82 Å². The zero-order valence-electron chi connectivity index (χ0n) is 10.8. The maximum atomic E-state index is 13.3. The summed E-state index contributed by atoms with van der Waals surface area (Å²) in [4.78, 5) is 2.58. The van der Waals surface area contributed by atoms with Crippen molar-refractivity contribution in [2.24, 2.45) is 0 Å². The van der Waals surface area contributed by atoms with E-state index >= 15 is 0 Å². The highest BCUT2D eigenvalue weighted by Crippen LogP contribution is 2.34. The van der Waals surface area contributed by atoms with Gasteiger partial charge in [0.05, 0.1) is 0 Å². The quantitative estimate of drug-likeness (QED) is 0.821. The van der Waals surface area contributed by atoms with Crippen molar-refractivity contribution in [1.82, 2.24) is 10.2 Å². The second-order valence-electron chi connectivity index (χ2n) is 5.39. The topological polar surface area (TPSA) is 15.3 Å². The first-order chi connectivity index (χ1) is 8.84. The van der Waals surface area contributed by atoms with Crippen LogP contribution in [-0.2, 0) is 6.42 Å². The van der Waals surface area contributed by atoms with Gasteiger partial charge in [0.15, 0.2) is 0 Å². The Morgan fingerprint density at radius 1 is 1.17 bits per heavy atom. The molecule has 1 saturated heterocycles. The predicted octanol–water partition coefficient (Wildman–Crippen LogP) is 2.50. The van der Waals surface area contributed by atoms with E-state index in [4.69, 9.17) is 0 Å². The minimum atomic E-state index is -0.0908. The van der Waals surface area contributed by atoms with Gasteiger partial charge in [0.25, 0.3) is 0 Å². The summed E-state index contributed by atoms with van der Waals surface area (Å²) in [6.45, 7) is 4.47. The molecule has 0 amide bonds. The van der Waals surface area contributed by atoms with Gasteiger partial charge in [-0.3, -0.25) is 4.90 Å². The molecule has 0 saturated carbocycles. The van der Waals surface area contributed by atoms with Gasteiger partial charge in [-0.05, 0) is 55.5 Å². The van der Waals surface area contributed by atoms with Gasteiger partial charge in [-0.25, -0.2) is 4.39 Å². The molecule has 3 rings (SSSR count). The summed E-state index contributed by atoms with van der Waals surface area (Å²) < 4.78 is 13.3. The molecule has 2 aliphatic rings. The van der Waals surface area contributed by atoms with Crippen LogP contribution in [-0.4, -0.2) is 31.1 Å². The Morgan fingerprint density at radius 3 is 3.06 bits per heavy atom. The Hall–Kier alpha value is -0.930. The molecule has 0 radical (unpaired) electrons. The molecule has 18 heavy (non-hydrogen) atoms. The molecule has 1 aliphatic heterocycles. The number of nitrogens with one attached hydrogen (secondary N) is 1. The molecular formula is C15H21FN2. The maximum absolute atomic E-state index is 13.3. The fraction of sp³-hybridized carbons (Fsp3) is 0.600. The SMILES string of the molecule is Fc1ccc2c(c1)CCC[C@H]2N1CCCNCC1. The summed E-state index contributed by atoms with van der Waals surface area (Å²) in [5.41, 5.74) is 2.59. The van der Waals surface area contributed by atoms with Crippen molar-refractivity contribution in [2.75, 3.05) is 26.2 Å². The van der Waals surface area contributed by atoms with Crippen LogP contribution in [0.1, 0.15) is 36.4 Å². The van der Waals surface area contributed by atoms with Crippen LogP contribution in [0.5, 0.6) is 0 Å². The number of nitrogens with zero attached hydrogens (tertiary/aromatic N) is 1. The van der Waals surface area contributed by atoms with E-state index < -0.39 is 0 Å². The third kappa shape index (κ3) is 2.43. The molecule has 3 heteroatoms. The molecule has 1 fully saturated rings. The maximum Gasteiger partial charge on any atom is 0.123 e. The van der Waals surface area contributed by atoms with Gasteiger partial charge >= 0.3 is 0 Å². The highest BCUT2D eigenvalue weighted by molar-refractivity contribution is 5.33. The molecule has 1 heterocycles. The van der Waals surface area contributed by atoms with Crippen LogP contribution in [0.15, 0.2) is 18.2 Å². The standard InChI is InChI=1S/C15H21FN2/c16-13-5-6-14-12(11-13)3-1-4-15(14)18-9-2-7-17-8-10-18/h5-6,11,15,17H,1-4,7-10H2/t15-/m1/s1. The van der Waals surface area contributed by atoms with E-state index in [9.17, 15) is 4.39 Å². The van der Waals surface area contributed by atoms with E-state index in [0.717, 1.165) is 32.6 Å². The fourth-order valence-electron chi connectivity index (χ4n) is 3.31. The van der Waals surface area contributed by atoms with E-state index in [0.29, 0.717) is 6.04 Å². The molecule has 98 valence electrons. The minimum absolute atomic E-state index is 0.0908. The van der Waals surface area contributed by atoms with Crippen molar-refractivity contribution in [2.45, 2.75) is 31.7 Å². The van der Waals surface area contributed by atoms with Gasteiger partial charge in [-0.2, -0.15) is 0 Å². The van der Waals surface area contributed by atoms with Crippen LogP contribution in [0.3, 0.4) is 0 Å². The van der Waals surface area contributed by atoms with E-state index in [1.54, 1.807) is 12.1 Å². The van der Waals surface area contributed by atoms with Crippen molar-refractivity contribution in [1.29, 1.82) is 0 Å². The predicted molar refractivity (Wildman–Crippen MR) is 71.1 cm³/mol. The Balaban J connectivity index is 1.85. The highest BCUT2D eigenvalue weighted by Gasteiger charge is 2.26. The normalized spacial score (nSPS) is 25.5. The van der Waals surface area contributed by atoms with Crippen LogP contribution in [0.25, 0.3) is 0 Å². The molecule has 1 N–H and O–H groups in total. The van der Waals surface area contributed by atoms with E-state index in [2.05, 4.69) is 10.2 Å². The first-order valence-electron chi connectivity index (χ1n) is 7.08. The molecule has 1 aromatic rings. The zero-order valence-corrected chi connectivity index (χ0v) is 10.8. The van der Waals surface area contributed by atoms with Gasteiger partial charge in [0, 0.05) is 25.7 Å². The van der Waals surface area contributed by atoms with Crippen molar-refractivity contribution in [3.63, 3.8) is 0 Å². The molecule has 1 aliphatic carbocycles. The third-order valence-electron chi connectivity index (χ3n) is 4.20. The Labute approximate surface area is 108 Å². The number of fused-ring (bicyclic) bond motifs is 1. The molecule has 0 spiro atoms. The van der Waals surface area contributed by atoms with Gasteiger partial charge in [-0.1, -0.05) is 6.07 Å². The summed E-state index contributed by atoms with van der Waals surface area (Å²) in [6, 6.07) is 5.87. The monoisotopic (exact) mass is 248 g/mol. The molecule has 0 aromatic heterocycles. The molecule has 0 unspecified atom stereocenters. The minimum Gasteiger partial charge on any atom is -0.315 e. The first-order valence-corrected chi connectivity index (χ1v) is 7.08. The van der Waals surface area contributed by atoms with Crippen molar-refractivity contribution in [3.05, 3.63) is 35.1 Å². The molecule has 0 bridgehead atoms. The lowest BCUT2D eigenvalue weighted by Crippen LogP contribution is -2.34. The lowest BCUT2D eigenvalue weighted by atomic mass is 9.86. The number of rotatable bonds is 1. The van der Waals surface area contributed by atoms with E-state index in [1.165, 1.54) is 30.4 Å². The molecule has 1 aromatic carbocycles. The Kier molecular flexibility index (Phi) is 3.62.